The van der Waals surface area contributed by atoms with Gasteiger partial charge in [0.15, 0.2) is 0 Å². The van der Waals surface area contributed by atoms with Gasteiger partial charge in [0.05, 0.1) is 23.7 Å². The molecule has 0 fully saturated rings. The van der Waals surface area contributed by atoms with Crippen LogP contribution in [-0.2, 0) is 4.74 Å². The zero-order chi connectivity index (χ0) is 13.4. The van der Waals surface area contributed by atoms with Crippen molar-refractivity contribution in [2.75, 3.05) is 0 Å². The van der Waals surface area contributed by atoms with Crippen LogP contribution in [0.15, 0.2) is 24.3 Å². The maximum atomic E-state index is 9.88. The first-order chi connectivity index (χ1) is 8.69. The fourth-order valence-electron chi connectivity index (χ4n) is 1.96. The Morgan fingerprint density at radius 2 is 2.17 bits per heavy atom. The van der Waals surface area contributed by atoms with Crippen LogP contribution in [-0.4, -0.2) is 28.8 Å². The molecule has 1 rings (SSSR count). The van der Waals surface area contributed by atoms with E-state index < -0.39 is 6.10 Å². The lowest BCUT2D eigenvalue weighted by Gasteiger charge is -2.27. The Kier molecular flexibility index (Phi) is 7.12. The minimum absolute atomic E-state index is 0.0703. The van der Waals surface area contributed by atoms with Crippen molar-refractivity contribution in [2.45, 2.75) is 56.3 Å². The lowest BCUT2D eigenvalue weighted by atomic mass is 10.1. The molecule has 0 bridgehead atoms. The Labute approximate surface area is 115 Å². The Morgan fingerprint density at radius 1 is 1.50 bits per heavy atom. The standard InChI is InChI=1S/C15H21ClO2/c1-3-5-6-9-12(16)14-10-7-8-11-15(18-14)13(17)4-2/h1,5-8,12-15,17H,4,9-11H2,2H3/b6-5-/t12-,13+,14-,15-/m1/s1. The molecular weight excluding hydrogens is 248 g/mol. The predicted molar refractivity (Wildman–Crippen MR) is 75.6 cm³/mol. The first-order valence-electron chi connectivity index (χ1n) is 6.42. The number of hydrogen-bond donors (Lipinski definition) is 1. The fraction of sp³-hybridized carbons (Fsp3) is 0.600. The number of terminal acetylenes is 1. The van der Waals surface area contributed by atoms with Crippen LogP contribution in [0.25, 0.3) is 0 Å². The van der Waals surface area contributed by atoms with Crippen molar-refractivity contribution < 1.29 is 9.84 Å². The van der Waals surface area contributed by atoms with Crippen LogP contribution in [0, 0.1) is 12.3 Å². The van der Waals surface area contributed by atoms with E-state index in [2.05, 4.69) is 18.1 Å². The molecule has 1 heterocycles. The fourth-order valence-corrected chi connectivity index (χ4v) is 2.22. The first kappa shape index (κ1) is 15.3. The van der Waals surface area contributed by atoms with Gasteiger partial charge in [-0.1, -0.05) is 31.1 Å². The second-order valence-electron chi connectivity index (χ2n) is 4.45. The van der Waals surface area contributed by atoms with Crippen molar-refractivity contribution in [3.8, 4) is 12.3 Å². The number of allylic oxidation sites excluding steroid dienone is 2. The minimum atomic E-state index is -0.430. The van der Waals surface area contributed by atoms with Gasteiger partial charge in [0.25, 0.3) is 0 Å². The van der Waals surface area contributed by atoms with Gasteiger partial charge in [-0.15, -0.1) is 18.0 Å². The molecule has 0 saturated heterocycles. The summed E-state index contributed by atoms with van der Waals surface area (Å²) in [6.45, 7) is 1.95. The summed E-state index contributed by atoms with van der Waals surface area (Å²) < 4.78 is 5.93. The minimum Gasteiger partial charge on any atom is -0.390 e. The third kappa shape index (κ3) is 4.86. The quantitative estimate of drug-likeness (QED) is 0.472. The maximum Gasteiger partial charge on any atom is 0.0872 e. The van der Waals surface area contributed by atoms with Crippen molar-refractivity contribution in [3.05, 3.63) is 24.3 Å². The van der Waals surface area contributed by atoms with E-state index in [1.54, 1.807) is 6.08 Å². The van der Waals surface area contributed by atoms with Crippen molar-refractivity contribution in [1.29, 1.82) is 0 Å². The monoisotopic (exact) mass is 268 g/mol. The predicted octanol–water partition coefficient (Wildman–Crippen LogP) is 3.05. The molecule has 18 heavy (non-hydrogen) atoms. The highest BCUT2D eigenvalue weighted by Gasteiger charge is 2.27. The van der Waals surface area contributed by atoms with E-state index in [0.29, 0.717) is 12.8 Å². The van der Waals surface area contributed by atoms with E-state index in [4.69, 9.17) is 22.8 Å². The summed E-state index contributed by atoms with van der Waals surface area (Å²) in [7, 11) is 0. The summed E-state index contributed by atoms with van der Waals surface area (Å²) in [6.07, 6.45) is 15.0. The van der Waals surface area contributed by atoms with E-state index in [-0.39, 0.29) is 17.6 Å². The van der Waals surface area contributed by atoms with E-state index >= 15 is 0 Å². The normalized spacial score (nSPS) is 27.7. The average Bonchev–Trinajstić information content (AvgIpc) is 2.63. The van der Waals surface area contributed by atoms with Crippen LogP contribution < -0.4 is 0 Å². The van der Waals surface area contributed by atoms with Crippen LogP contribution in [0.4, 0.5) is 0 Å². The average molecular weight is 269 g/mol. The molecular formula is C15H21ClO2. The molecule has 0 radical (unpaired) electrons. The molecule has 3 heteroatoms. The summed E-state index contributed by atoms with van der Waals surface area (Å²) in [6, 6.07) is 0. The number of hydrogen-bond acceptors (Lipinski definition) is 2. The van der Waals surface area contributed by atoms with Gasteiger partial charge >= 0.3 is 0 Å². The molecule has 1 aliphatic heterocycles. The maximum absolute atomic E-state index is 9.88. The van der Waals surface area contributed by atoms with E-state index in [0.717, 1.165) is 12.8 Å². The second-order valence-corrected chi connectivity index (χ2v) is 5.01. The zero-order valence-corrected chi connectivity index (χ0v) is 11.5. The molecule has 1 aliphatic rings. The molecule has 0 unspecified atom stereocenters. The molecule has 4 atom stereocenters. The molecule has 100 valence electrons. The Morgan fingerprint density at radius 3 is 2.78 bits per heavy atom. The number of aliphatic hydroxyl groups is 1. The van der Waals surface area contributed by atoms with E-state index in [1.807, 2.05) is 13.0 Å². The van der Waals surface area contributed by atoms with Gasteiger partial charge in [0.2, 0.25) is 0 Å². The Balaban J connectivity index is 2.56. The van der Waals surface area contributed by atoms with E-state index in [1.165, 1.54) is 0 Å². The van der Waals surface area contributed by atoms with Gasteiger partial charge in [0.1, 0.15) is 0 Å². The first-order valence-corrected chi connectivity index (χ1v) is 6.86. The molecule has 0 amide bonds. The summed E-state index contributed by atoms with van der Waals surface area (Å²) >= 11 is 6.32. The molecule has 0 saturated carbocycles. The molecule has 2 nitrogen and oxygen atoms in total. The van der Waals surface area contributed by atoms with Gasteiger partial charge in [-0.2, -0.15) is 0 Å². The van der Waals surface area contributed by atoms with Crippen LogP contribution in [0.5, 0.6) is 0 Å². The number of alkyl halides is 1. The highest BCUT2D eigenvalue weighted by Crippen LogP contribution is 2.23. The summed E-state index contributed by atoms with van der Waals surface area (Å²) in [4.78, 5) is 0. The number of rotatable bonds is 5. The van der Waals surface area contributed by atoms with E-state index in [9.17, 15) is 5.11 Å². The van der Waals surface area contributed by atoms with Crippen LogP contribution >= 0.6 is 11.6 Å². The second kappa shape index (κ2) is 8.37. The molecule has 0 aromatic carbocycles. The zero-order valence-electron chi connectivity index (χ0n) is 10.8. The lowest BCUT2D eigenvalue weighted by Crippen LogP contribution is -2.35. The summed E-state index contributed by atoms with van der Waals surface area (Å²) in [5, 5.41) is 9.76. The lowest BCUT2D eigenvalue weighted by molar-refractivity contribution is -0.0726. The third-order valence-electron chi connectivity index (χ3n) is 3.08. The highest BCUT2D eigenvalue weighted by molar-refractivity contribution is 6.21. The van der Waals surface area contributed by atoms with Gasteiger partial charge in [-0.05, 0) is 31.8 Å². The molecule has 0 aromatic heterocycles. The van der Waals surface area contributed by atoms with Gasteiger partial charge < -0.3 is 9.84 Å². The topological polar surface area (TPSA) is 29.5 Å². The Bertz CT molecular complexity index is 330. The molecule has 0 spiro atoms. The van der Waals surface area contributed by atoms with Gasteiger partial charge in [-0.25, -0.2) is 0 Å². The van der Waals surface area contributed by atoms with Crippen molar-refractivity contribution >= 4 is 11.6 Å². The Hall–Kier alpha value is -0.750. The summed E-state index contributed by atoms with van der Waals surface area (Å²) in [5.74, 6) is 2.44. The van der Waals surface area contributed by atoms with Crippen molar-refractivity contribution in [2.24, 2.45) is 0 Å². The highest BCUT2D eigenvalue weighted by atomic mass is 35.5. The van der Waals surface area contributed by atoms with Crippen molar-refractivity contribution in [1.82, 2.24) is 0 Å². The van der Waals surface area contributed by atoms with Crippen LogP contribution in [0.3, 0.4) is 0 Å². The molecule has 0 aliphatic carbocycles. The number of aliphatic hydroxyl groups excluding tert-OH is 1. The smallest absolute Gasteiger partial charge is 0.0872 e. The van der Waals surface area contributed by atoms with Crippen molar-refractivity contribution in [3.63, 3.8) is 0 Å². The molecule has 0 aromatic rings. The largest absolute Gasteiger partial charge is 0.390 e. The van der Waals surface area contributed by atoms with Crippen LogP contribution in [0.1, 0.15) is 32.6 Å². The number of halogens is 1. The van der Waals surface area contributed by atoms with Gasteiger partial charge in [-0.3, -0.25) is 0 Å². The third-order valence-corrected chi connectivity index (χ3v) is 3.54. The molecule has 1 N–H and O–H groups in total. The summed E-state index contributed by atoms with van der Waals surface area (Å²) in [5.41, 5.74) is 0. The number of ether oxygens (including phenoxy) is 1. The van der Waals surface area contributed by atoms with Crippen LogP contribution in [0.2, 0.25) is 0 Å². The van der Waals surface area contributed by atoms with Gasteiger partial charge in [0, 0.05) is 0 Å². The SMILES string of the molecule is C#C/C=C\C[C@@H](Cl)[C@H]1CC=CC[C@H]([C@@H](O)CC)O1.